The zero-order valence-electron chi connectivity index (χ0n) is 8.63. The van der Waals surface area contributed by atoms with Gasteiger partial charge in [0.2, 0.25) is 0 Å². The van der Waals surface area contributed by atoms with E-state index in [4.69, 9.17) is 4.74 Å². The molecule has 0 aliphatic heterocycles. The first-order valence-electron chi connectivity index (χ1n) is 4.75. The van der Waals surface area contributed by atoms with Crippen LogP contribution in [0.5, 0.6) is 0 Å². The zero-order chi connectivity index (χ0) is 9.19. The van der Waals surface area contributed by atoms with Gasteiger partial charge in [-0.15, -0.1) is 0 Å². The molecule has 0 aromatic heterocycles. The monoisotopic (exact) mass is 168 g/mol. The summed E-state index contributed by atoms with van der Waals surface area (Å²) in [5.74, 6) is 0.726. The second-order valence-corrected chi connectivity index (χ2v) is 4.71. The molecule has 0 saturated heterocycles. The lowest BCUT2D eigenvalue weighted by molar-refractivity contribution is 0.111. The van der Waals surface area contributed by atoms with Crippen LogP contribution >= 0.6 is 0 Å². The van der Waals surface area contributed by atoms with Crippen molar-refractivity contribution in [2.45, 2.75) is 39.7 Å². The molecule has 12 heavy (non-hydrogen) atoms. The molecular formula is C11H20O. The highest BCUT2D eigenvalue weighted by atomic mass is 16.5. The molecule has 0 saturated carbocycles. The van der Waals surface area contributed by atoms with Crippen molar-refractivity contribution in [3.63, 3.8) is 0 Å². The number of allylic oxidation sites excluding steroid dienone is 1. The average molecular weight is 168 g/mol. The highest BCUT2D eigenvalue weighted by Gasteiger charge is 2.25. The summed E-state index contributed by atoms with van der Waals surface area (Å²) >= 11 is 0. The molecule has 0 fully saturated rings. The van der Waals surface area contributed by atoms with Gasteiger partial charge in [-0.1, -0.05) is 32.9 Å². The Balaban J connectivity index is 2.54. The van der Waals surface area contributed by atoms with Crippen LogP contribution < -0.4 is 0 Å². The molecule has 1 rings (SSSR count). The predicted molar refractivity (Wildman–Crippen MR) is 52.1 cm³/mol. The molecule has 0 spiro atoms. The number of rotatable bonds is 1. The van der Waals surface area contributed by atoms with E-state index in [-0.39, 0.29) is 0 Å². The number of hydrogen-bond donors (Lipinski definition) is 0. The molecule has 2 atom stereocenters. The average Bonchev–Trinajstić information content (AvgIpc) is 2.03. The third-order valence-electron chi connectivity index (χ3n) is 2.74. The van der Waals surface area contributed by atoms with Crippen molar-refractivity contribution in [3.8, 4) is 0 Å². The standard InChI is InChI=1S/C11H20O/c1-11(2,3)9-5-7-10(12-4)8-6-9/h5,7,9-10H,6,8H2,1-4H3. The third-order valence-corrected chi connectivity index (χ3v) is 2.74. The minimum Gasteiger partial charge on any atom is -0.377 e. The molecule has 0 aromatic rings. The largest absolute Gasteiger partial charge is 0.377 e. The Labute approximate surface area is 75.8 Å². The van der Waals surface area contributed by atoms with Gasteiger partial charge < -0.3 is 4.74 Å². The van der Waals surface area contributed by atoms with Gasteiger partial charge in [-0.05, 0) is 24.2 Å². The zero-order valence-corrected chi connectivity index (χ0v) is 8.63. The van der Waals surface area contributed by atoms with Gasteiger partial charge in [-0.2, -0.15) is 0 Å². The summed E-state index contributed by atoms with van der Waals surface area (Å²) in [7, 11) is 1.78. The van der Waals surface area contributed by atoms with Gasteiger partial charge in [-0.3, -0.25) is 0 Å². The Hall–Kier alpha value is -0.300. The molecular weight excluding hydrogens is 148 g/mol. The maximum atomic E-state index is 5.27. The summed E-state index contributed by atoms with van der Waals surface area (Å²) in [5, 5.41) is 0. The van der Waals surface area contributed by atoms with Crippen molar-refractivity contribution in [1.82, 2.24) is 0 Å². The van der Waals surface area contributed by atoms with Crippen LogP contribution in [-0.2, 0) is 4.74 Å². The van der Waals surface area contributed by atoms with E-state index in [2.05, 4.69) is 32.9 Å². The topological polar surface area (TPSA) is 9.23 Å². The van der Waals surface area contributed by atoms with Crippen LogP contribution in [0.3, 0.4) is 0 Å². The summed E-state index contributed by atoms with van der Waals surface area (Å²) < 4.78 is 5.27. The van der Waals surface area contributed by atoms with Crippen molar-refractivity contribution in [1.29, 1.82) is 0 Å². The van der Waals surface area contributed by atoms with Gasteiger partial charge >= 0.3 is 0 Å². The van der Waals surface area contributed by atoms with E-state index in [0.717, 1.165) is 5.92 Å². The lowest BCUT2D eigenvalue weighted by Crippen LogP contribution is -2.24. The van der Waals surface area contributed by atoms with Crippen molar-refractivity contribution < 1.29 is 4.74 Å². The molecule has 1 aliphatic carbocycles. The second-order valence-electron chi connectivity index (χ2n) is 4.71. The van der Waals surface area contributed by atoms with Gasteiger partial charge in [0.15, 0.2) is 0 Å². The molecule has 0 aromatic carbocycles. The van der Waals surface area contributed by atoms with E-state index in [1.807, 2.05) is 0 Å². The summed E-state index contributed by atoms with van der Waals surface area (Å²) in [4.78, 5) is 0. The minimum atomic E-state index is 0.364. The van der Waals surface area contributed by atoms with E-state index in [0.29, 0.717) is 11.5 Å². The SMILES string of the molecule is COC1C=CC(C(C)(C)C)CC1. The molecule has 0 N–H and O–H groups in total. The van der Waals surface area contributed by atoms with Crippen LogP contribution in [0.4, 0.5) is 0 Å². The first-order chi connectivity index (χ1) is 5.54. The first-order valence-corrected chi connectivity index (χ1v) is 4.75. The minimum absolute atomic E-state index is 0.364. The van der Waals surface area contributed by atoms with Crippen LogP contribution in [0, 0.1) is 11.3 Å². The molecule has 0 amide bonds. The molecule has 0 bridgehead atoms. The smallest absolute Gasteiger partial charge is 0.0752 e. The van der Waals surface area contributed by atoms with Gasteiger partial charge in [0, 0.05) is 7.11 Å². The Morgan fingerprint density at radius 3 is 2.17 bits per heavy atom. The van der Waals surface area contributed by atoms with Gasteiger partial charge in [0.05, 0.1) is 6.10 Å². The fourth-order valence-electron chi connectivity index (χ4n) is 1.71. The quantitative estimate of drug-likeness (QED) is 0.547. The van der Waals surface area contributed by atoms with E-state index >= 15 is 0 Å². The molecule has 70 valence electrons. The third kappa shape index (κ3) is 2.34. The van der Waals surface area contributed by atoms with Crippen LogP contribution in [0.25, 0.3) is 0 Å². The lowest BCUT2D eigenvalue weighted by atomic mass is 9.75. The van der Waals surface area contributed by atoms with Crippen LogP contribution in [0.15, 0.2) is 12.2 Å². The second kappa shape index (κ2) is 3.61. The Morgan fingerprint density at radius 1 is 1.17 bits per heavy atom. The van der Waals surface area contributed by atoms with Gasteiger partial charge in [-0.25, -0.2) is 0 Å². The van der Waals surface area contributed by atoms with Gasteiger partial charge in [0.25, 0.3) is 0 Å². The van der Waals surface area contributed by atoms with E-state index in [1.54, 1.807) is 7.11 Å². The van der Waals surface area contributed by atoms with Crippen molar-refractivity contribution in [2.75, 3.05) is 7.11 Å². The van der Waals surface area contributed by atoms with Crippen LogP contribution in [-0.4, -0.2) is 13.2 Å². The molecule has 2 unspecified atom stereocenters. The van der Waals surface area contributed by atoms with Gasteiger partial charge in [0.1, 0.15) is 0 Å². The number of hydrogen-bond acceptors (Lipinski definition) is 1. The predicted octanol–water partition coefficient (Wildman–Crippen LogP) is 3.01. The Bertz CT molecular complexity index is 164. The highest BCUT2D eigenvalue weighted by Crippen LogP contribution is 2.34. The van der Waals surface area contributed by atoms with E-state index in [9.17, 15) is 0 Å². The summed E-state index contributed by atoms with van der Waals surface area (Å²) in [6.45, 7) is 6.90. The normalized spacial score (nSPS) is 30.7. The number of ether oxygens (including phenoxy) is 1. The molecule has 0 radical (unpaired) electrons. The first kappa shape index (κ1) is 9.79. The lowest BCUT2D eigenvalue weighted by Gasteiger charge is -2.32. The maximum Gasteiger partial charge on any atom is 0.0752 e. The van der Waals surface area contributed by atoms with Crippen LogP contribution in [0.2, 0.25) is 0 Å². The summed E-state index contributed by atoms with van der Waals surface area (Å²) in [6.07, 6.45) is 7.33. The summed E-state index contributed by atoms with van der Waals surface area (Å²) in [6, 6.07) is 0. The van der Waals surface area contributed by atoms with Crippen molar-refractivity contribution in [2.24, 2.45) is 11.3 Å². The van der Waals surface area contributed by atoms with E-state index < -0.39 is 0 Å². The Morgan fingerprint density at radius 2 is 1.83 bits per heavy atom. The molecule has 1 aliphatic rings. The van der Waals surface area contributed by atoms with Crippen molar-refractivity contribution in [3.05, 3.63) is 12.2 Å². The molecule has 0 heterocycles. The fraction of sp³-hybridized carbons (Fsp3) is 0.818. The molecule has 1 heteroatoms. The van der Waals surface area contributed by atoms with Crippen LogP contribution in [0.1, 0.15) is 33.6 Å². The fourth-order valence-corrected chi connectivity index (χ4v) is 1.71. The van der Waals surface area contributed by atoms with E-state index in [1.165, 1.54) is 12.8 Å². The van der Waals surface area contributed by atoms with Crippen molar-refractivity contribution >= 4 is 0 Å². The highest BCUT2D eigenvalue weighted by molar-refractivity contribution is 5.02. The molecule has 1 nitrogen and oxygen atoms in total. The number of methoxy groups -OCH3 is 1. The Kier molecular flexibility index (Phi) is 2.94. The maximum absolute atomic E-state index is 5.27. The summed E-state index contributed by atoms with van der Waals surface area (Å²) in [5.41, 5.74) is 0.412.